The lowest BCUT2D eigenvalue weighted by Gasteiger charge is -2.19. The largest absolute Gasteiger partial charge is 0.478 e. The summed E-state index contributed by atoms with van der Waals surface area (Å²) >= 11 is 0. The molecular formula is C13H22N2O. The van der Waals surface area contributed by atoms with Crippen LogP contribution in [0.5, 0.6) is 5.88 Å². The molecule has 0 spiro atoms. The minimum absolute atomic E-state index is 0.0233. The van der Waals surface area contributed by atoms with Crippen molar-refractivity contribution in [3.05, 3.63) is 23.4 Å². The average Bonchev–Trinajstić information content (AvgIpc) is 2.24. The maximum atomic E-state index is 5.68. The van der Waals surface area contributed by atoms with E-state index >= 15 is 0 Å². The molecule has 0 atom stereocenters. The molecule has 0 aliphatic heterocycles. The normalized spacial score (nSPS) is 11.6. The predicted octanol–water partition coefficient (Wildman–Crippen LogP) is 2.63. The van der Waals surface area contributed by atoms with Gasteiger partial charge in [0.1, 0.15) is 0 Å². The molecule has 0 saturated heterocycles. The standard InChI is InChI=1S/C13H22N2O/c1-5-6-16-12-8-10(9-14)7-11(15-12)13(2,3)4/h7-8H,5-6,9,14H2,1-4H3. The van der Waals surface area contributed by atoms with Crippen LogP contribution < -0.4 is 10.5 Å². The molecule has 1 aromatic heterocycles. The Labute approximate surface area is 98.0 Å². The molecule has 0 bridgehead atoms. The zero-order valence-electron chi connectivity index (χ0n) is 10.7. The zero-order valence-corrected chi connectivity index (χ0v) is 10.7. The Morgan fingerprint density at radius 3 is 2.50 bits per heavy atom. The molecule has 1 aromatic rings. The van der Waals surface area contributed by atoms with Crippen LogP contribution in [0.25, 0.3) is 0 Å². The lowest BCUT2D eigenvalue weighted by molar-refractivity contribution is 0.302. The van der Waals surface area contributed by atoms with Gasteiger partial charge in [0.2, 0.25) is 5.88 Å². The maximum absolute atomic E-state index is 5.68. The fraction of sp³-hybridized carbons (Fsp3) is 0.615. The van der Waals surface area contributed by atoms with Gasteiger partial charge in [0.15, 0.2) is 0 Å². The van der Waals surface area contributed by atoms with E-state index in [0.29, 0.717) is 19.0 Å². The molecule has 0 aliphatic rings. The molecule has 0 aliphatic carbocycles. The van der Waals surface area contributed by atoms with E-state index in [1.807, 2.05) is 6.07 Å². The fourth-order valence-electron chi connectivity index (χ4n) is 1.34. The van der Waals surface area contributed by atoms with Crippen molar-refractivity contribution in [1.82, 2.24) is 4.98 Å². The van der Waals surface area contributed by atoms with Crippen LogP contribution in [0, 0.1) is 0 Å². The molecule has 0 fully saturated rings. The van der Waals surface area contributed by atoms with Crippen molar-refractivity contribution in [2.75, 3.05) is 6.61 Å². The van der Waals surface area contributed by atoms with Crippen LogP contribution in [0.1, 0.15) is 45.4 Å². The van der Waals surface area contributed by atoms with E-state index in [9.17, 15) is 0 Å². The zero-order chi connectivity index (χ0) is 12.2. The van der Waals surface area contributed by atoms with E-state index in [0.717, 1.165) is 17.7 Å². The third-order valence-electron chi connectivity index (χ3n) is 2.32. The summed E-state index contributed by atoms with van der Waals surface area (Å²) in [5.74, 6) is 0.690. The van der Waals surface area contributed by atoms with Crippen LogP contribution in [-0.2, 0) is 12.0 Å². The Kier molecular flexibility index (Phi) is 4.30. The van der Waals surface area contributed by atoms with E-state index < -0.39 is 0 Å². The second-order valence-corrected chi connectivity index (χ2v) is 5.00. The summed E-state index contributed by atoms with van der Waals surface area (Å²) < 4.78 is 5.57. The van der Waals surface area contributed by atoms with Crippen molar-refractivity contribution in [1.29, 1.82) is 0 Å². The van der Waals surface area contributed by atoms with Crippen LogP contribution in [-0.4, -0.2) is 11.6 Å². The number of hydrogen-bond acceptors (Lipinski definition) is 3. The Morgan fingerprint density at radius 2 is 2.00 bits per heavy atom. The predicted molar refractivity (Wildman–Crippen MR) is 66.6 cm³/mol. The van der Waals surface area contributed by atoms with Gasteiger partial charge < -0.3 is 10.5 Å². The molecule has 0 amide bonds. The summed E-state index contributed by atoms with van der Waals surface area (Å²) in [7, 11) is 0. The van der Waals surface area contributed by atoms with Gasteiger partial charge in [-0.15, -0.1) is 0 Å². The molecule has 2 N–H and O–H groups in total. The summed E-state index contributed by atoms with van der Waals surface area (Å²) in [4.78, 5) is 4.51. The van der Waals surface area contributed by atoms with Crippen molar-refractivity contribution in [3.63, 3.8) is 0 Å². The number of rotatable bonds is 4. The fourth-order valence-corrected chi connectivity index (χ4v) is 1.34. The topological polar surface area (TPSA) is 48.1 Å². The van der Waals surface area contributed by atoms with Crippen molar-refractivity contribution in [3.8, 4) is 5.88 Å². The van der Waals surface area contributed by atoms with E-state index in [4.69, 9.17) is 10.5 Å². The first-order valence-corrected chi connectivity index (χ1v) is 5.81. The minimum atomic E-state index is 0.0233. The van der Waals surface area contributed by atoms with Crippen LogP contribution in [0.15, 0.2) is 12.1 Å². The molecular weight excluding hydrogens is 200 g/mol. The number of nitrogens with zero attached hydrogens (tertiary/aromatic N) is 1. The number of ether oxygens (including phenoxy) is 1. The molecule has 0 unspecified atom stereocenters. The summed E-state index contributed by atoms with van der Waals surface area (Å²) in [6, 6.07) is 3.98. The van der Waals surface area contributed by atoms with Gasteiger partial charge in [-0.1, -0.05) is 27.7 Å². The van der Waals surface area contributed by atoms with Crippen LogP contribution in [0.2, 0.25) is 0 Å². The van der Waals surface area contributed by atoms with E-state index in [2.05, 4.69) is 38.7 Å². The van der Waals surface area contributed by atoms with Crippen molar-refractivity contribution < 1.29 is 4.74 Å². The van der Waals surface area contributed by atoms with Gasteiger partial charge in [0.25, 0.3) is 0 Å². The van der Waals surface area contributed by atoms with Gasteiger partial charge >= 0.3 is 0 Å². The quantitative estimate of drug-likeness (QED) is 0.852. The molecule has 1 rings (SSSR count). The molecule has 3 heteroatoms. The van der Waals surface area contributed by atoms with Crippen molar-refractivity contribution in [2.45, 2.75) is 46.1 Å². The van der Waals surface area contributed by atoms with Gasteiger partial charge in [-0.05, 0) is 18.1 Å². The van der Waals surface area contributed by atoms with Crippen LogP contribution >= 0.6 is 0 Å². The average molecular weight is 222 g/mol. The smallest absolute Gasteiger partial charge is 0.213 e. The lowest BCUT2D eigenvalue weighted by Crippen LogP contribution is -2.15. The Morgan fingerprint density at radius 1 is 1.31 bits per heavy atom. The monoisotopic (exact) mass is 222 g/mol. The Hall–Kier alpha value is -1.09. The second-order valence-electron chi connectivity index (χ2n) is 5.00. The summed E-state index contributed by atoms with van der Waals surface area (Å²) in [6.07, 6.45) is 0.985. The first kappa shape index (κ1) is 13.0. The first-order chi connectivity index (χ1) is 7.47. The number of nitrogens with two attached hydrogens (primary N) is 1. The minimum Gasteiger partial charge on any atom is -0.478 e. The van der Waals surface area contributed by atoms with Gasteiger partial charge in [0, 0.05) is 18.0 Å². The van der Waals surface area contributed by atoms with Crippen LogP contribution in [0.4, 0.5) is 0 Å². The van der Waals surface area contributed by atoms with Gasteiger partial charge in [-0.2, -0.15) is 0 Å². The SMILES string of the molecule is CCCOc1cc(CN)cc(C(C)(C)C)n1. The third-order valence-corrected chi connectivity index (χ3v) is 2.32. The lowest BCUT2D eigenvalue weighted by atomic mass is 9.91. The van der Waals surface area contributed by atoms with Gasteiger partial charge in [0.05, 0.1) is 12.3 Å². The molecule has 0 radical (unpaired) electrons. The van der Waals surface area contributed by atoms with Gasteiger partial charge in [-0.3, -0.25) is 0 Å². The Balaban J connectivity index is 3.01. The summed E-state index contributed by atoms with van der Waals surface area (Å²) in [5.41, 5.74) is 7.80. The third kappa shape index (κ3) is 3.49. The number of hydrogen-bond donors (Lipinski definition) is 1. The molecule has 3 nitrogen and oxygen atoms in total. The molecule has 0 saturated carbocycles. The highest BCUT2D eigenvalue weighted by molar-refractivity contribution is 5.28. The number of pyridine rings is 1. The molecule has 1 heterocycles. The van der Waals surface area contributed by atoms with Gasteiger partial charge in [-0.25, -0.2) is 4.98 Å². The maximum Gasteiger partial charge on any atom is 0.213 e. The van der Waals surface area contributed by atoms with E-state index in [1.165, 1.54) is 0 Å². The highest BCUT2D eigenvalue weighted by atomic mass is 16.5. The van der Waals surface area contributed by atoms with Crippen molar-refractivity contribution in [2.24, 2.45) is 5.73 Å². The summed E-state index contributed by atoms with van der Waals surface area (Å²) in [6.45, 7) is 9.72. The molecule has 0 aromatic carbocycles. The van der Waals surface area contributed by atoms with Crippen molar-refractivity contribution >= 4 is 0 Å². The second kappa shape index (κ2) is 5.30. The first-order valence-electron chi connectivity index (χ1n) is 5.81. The Bertz CT molecular complexity index is 342. The highest BCUT2D eigenvalue weighted by Gasteiger charge is 2.17. The molecule has 90 valence electrons. The van der Waals surface area contributed by atoms with Crippen LogP contribution in [0.3, 0.4) is 0 Å². The van der Waals surface area contributed by atoms with E-state index in [1.54, 1.807) is 0 Å². The van der Waals surface area contributed by atoms with E-state index in [-0.39, 0.29) is 5.41 Å². The summed E-state index contributed by atoms with van der Waals surface area (Å²) in [5, 5.41) is 0. The number of aromatic nitrogens is 1. The highest BCUT2D eigenvalue weighted by Crippen LogP contribution is 2.24. The molecule has 16 heavy (non-hydrogen) atoms.